The van der Waals surface area contributed by atoms with Gasteiger partial charge in [-0.1, -0.05) is 18.2 Å². The third-order valence-corrected chi connectivity index (χ3v) is 5.98. The molecule has 164 valence electrons. The summed E-state index contributed by atoms with van der Waals surface area (Å²) in [5.74, 6) is 2.20. The highest BCUT2D eigenvalue weighted by molar-refractivity contribution is 5.76. The van der Waals surface area contributed by atoms with Gasteiger partial charge in [0.05, 0.1) is 12.4 Å². The summed E-state index contributed by atoms with van der Waals surface area (Å²) in [5, 5.41) is 15.7. The number of aromatic nitrogens is 6. The van der Waals surface area contributed by atoms with E-state index in [1.807, 2.05) is 55.8 Å². The topological polar surface area (TPSA) is 85.5 Å². The number of nitrogens with zero attached hydrogens (tertiary/aromatic N) is 6. The van der Waals surface area contributed by atoms with Crippen molar-refractivity contribution < 1.29 is 0 Å². The van der Waals surface area contributed by atoms with Crippen LogP contribution in [-0.2, 0) is 14.1 Å². The van der Waals surface area contributed by atoms with Crippen molar-refractivity contribution in [3.05, 3.63) is 55.2 Å². The van der Waals surface area contributed by atoms with Gasteiger partial charge in [-0.25, -0.2) is 9.97 Å². The maximum atomic E-state index is 4.96. The van der Waals surface area contributed by atoms with E-state index in [0.717, 1.165) is 53.3 Å². The molecule has 0 bridgehead atoms. The lowest BCUT2D eigenvalue weighted by Crippen LogP contribution is -2.31. The van der Waals surface area contributed by atoms with E-state index in [9.17, 15) is 0 Å². The normalized spacial score (nSPS) is 14.6. The van der Waals surface area contributed by atoms with Crippen LogP contribution in [0.1, 0.15) is 12.8 Å². The highest BCUT2D eigenvalue weighted by atomic mass is 15.2. The van der Waals surface area contributed by atoms with Gasteiger partial charge in [0.2, 0.25) is 0 Å². The van der Waals surface area contributed by atoms with Gasteiger partial charge in [0, 0.05) is 61.5 Å². The number of nitrogens with one attached hydrogen (secondary N) is 2. The van der Waals surface area contributed by atoms with E-state index < -0.39 is 0 Å². The highest BCUT2D eigenvalue weighted by Crippen LogP contribution is 2.30. The van der Waals surface area contributed by atoms with Gasteiger partial charge in [0.15, 0.2) is 5.82 Å². The number of hydrogen-bond donors (Lipinski definition) is 2. The van der Waals surface area contributed by atoms with Crippen LogP contribution in [0.4, 0.5) is 5.82 Å². The molecule has 4 heterocycles. The Morgan fingerprint density at radius 2 is 1.66 bits per heavy atom. The largest absolute Gasteiger partial charge is 0.369 e. The quantitative estimate of drug-likeness (QED) is 0.490. The molecule has 5 rings (SSSR count). The molecule has 32 heavy (non-hydrogen) atoms. The van der Waals surface area contributed by atoms with Crippen LogP contribution < -0.4 is 10.6 Å². The van der Waals surface area contributed by atoms with Crippen LogP contribution in [0.25, 0.3) is 33.6 Å². The first-order chi connectivity index (χ1) is 15.7. The second kappa shape index (κ2) is 8.92. The standard InChI is InChI=1S/C24H28N8/c1-31-15-20(12-28-31)18-4-3-5-19(10-18)23-27-14-22(21-13-29-32(2)16-21)24(30-23)26-11-17-6-8-25-9-7-17/h3-5,10,12-17,25H,6-9,11H2,1-2H3,(H,26,27,30). The van der Waals surface area contributed by atoms with Crippen LogP contribution in [-0.4, -0.2) is 49.2 Å². The van der Waals surface area contributed by atoms with Gasteiger partial charge in [-0.15, -0.1) is 0 Å². The number of hydrogen-bond acceptors (Lipinski definition) is 6. The SMILES string of the molecule is Cn1cc(-c2cccc(-c3ncc(-c4cnn(C)c4)c(NCC4CCNCC4)n3)c2)cn1. The molecule has 0 unspecified atom stereocenters. The minimum absolute atomic E-state index is 0.644. The van der Waals surface area contributed by atoms with Gasteiger partial charge in [-0.2, -0.15) is 10.2 Å². The van der Waals surface area contributed by atoms with Gasteiger partial charge < -0.3 is 10.6 Å². The molecule has 1 aliphatic heterocycles. The first-order valence-electron chi connectivity index (χ1n) is 11.1. The molecule has 0 amide bonds. The molecule has 0 radical (unpaired) electrons. The molecule has 1 aliphatic rings. The van der Waals surface area contributed by atoms with E-state index in [-0.39, 0.29) is 0 Å². The van der Waals surface area contributed by atoms with Crippen LogP contribution in [0.3, 0.4) is 0 Å². The molecule has 3 aromatic heterocycles. The van der Waals surface area contributed by atoms with Gasteiger partial charge in [-0.3, -0.25) is 9.36 Å². The second-order valence-electron chi connectivity index (χ2n) is 8.42. The third-order valence-electron chi connectivity index (χ3n) is 5.98. The molecular weight excluding hydrogens is 400 g/mol. The van der Waals surface area contributed by atoms with E-state index in [1.165, 1.54) is 12.8 Å². The fourth-order valence-corrected chi connectivity index (χ4v) is 4.16. The predicted octanol–water partition coefficient (Wildman–Crippen LogP) is 3.36. The second-order valence-corrected chi connectivity index (χ2v) is 8.42. The molecule has 1 aromatic carbocycles. The monoisotopic (exact) mass is 428 g/mol. The van der Waals surface area contributed by atoms with E-state index in [1.54, 1.807) is 4.68 Å². The summed E-state index contributed by atoms with van der Waals surface area (Å²) >= 11 is 0. The Bertz CT molecular complexity index is 1200. The molecule has 0 spiro atoms. The van der Waals surface area contributed by atoms with Crippen molar-refractivity contribution in [2.45, 2.75) is 12.8 Å². The Labute approximate surface area is 187 Å². The first kappa shape index (κ1) is 20.4. The molecule has 8 heteroatoms. The Morgan fingerprint density at radius 3 is 2.38 bits per heavy atom. The smallest absolute Gasteiger partial charge is 0.161 e. The molecule has 8 nitrogen and oxygen atoms in total. The fourth-order valence-electron chi connectivity index (χ4n) is 4.16. The summed E-state index contributed by atoms with van der Waals surface area (Å²) in [5.41, 5.74) is 5.13. The van der Waals surface area contributed by atoms with Crippen molar-refractivity contribution in [1.82, 2.24) is 34.8 Å². The van der Waals surface area contributed by atoms with Gasteiger partial charge in [0.1, 0.15) is 5.82 Å². The number of aryl methyl sites for hydroxylation is 2. The summed E-state index contributed by atoms with van der Waals surface area (Å²) in [6.45, 7) is 3.07. The van der Waals surface area contributed by atoms with Gasteiger partial charge in [0.25, 0.3) is 0 Å². The minimum atomic E-state index is 0.644. The number of rotatable bonds is 6. The zero-order valence-corrected chi connectivity index (χ0v) is 18.5. The van der Waals surface area contributed by atoms with Crippen molar-refractivity contribution in [3.8, 4) is 33.6 Å². The van der Waals surface area contributed by atoms with Crippen molar-refractivity contribution in [2.75, 3.05) is 25.0 Å². The van der Waals surface area contributed by atoms with E-state index in [0.29, 0.717) is 11.7 Å². The maximum Gasteiger partial charge on any atom is 0.161 e. The molecule has 1 saturated heterocycles. The summed E-state index contributed by atoms with van der Waals surface area (Å²) in [6, 6.07) is 8.29. The van der Waals surface area contributed by atoms with Gasteiger partial charge >= 0.3 is 0 Å². The minimum Gasteiger partial charge on any atom is -0.369 e. The lowest BCUT2D eigenvalue weighted by atomic mass is 9.98. The summed E-state index contributed by atoms with van der Waals surface area (Å²) in [7, 11) is 3.85. The van der Waals surface area contributed by atoms with E-state index >= 15 is 0 Å². The first-order valence-corrected chi connectivity index (χ1v) is 11.1. The summed E-state index contributed by atoms with van der Waals surface area (Å²) < 4.78 is 3.61. The molecule has 0 atom stereocenters. The number of benzene rings is 1. The lowest BCUT2D eigenvalue weighted by Gasteiger charge is -2.23. The van der Waals surface area contributed by atoms with Crippen molar-refractivity contribution in [2.24, 2.45) is 20.0 Å². The Kier molecular flexibility index (Phi) is 5.68. The Balaban J connectivity index is 1.48. The lowest BCUT2D eigenvalue weighted by molar-refractivity contribution is 0.389. The molecule has 0 saturated carbocycles. The van der Waals surface area contributed by atoms with Crippen LogP contribution in [0.2, 0.25) is 0 Å². The average Bonchev–Trinajstić information content (AvgIpc) is 3.46. The summed E-state index contributed by atoms with van der Waals surface area (Å²) in [4.78, 5) is 9.67. The van der Waals surface area contributed by atoms with Crippen molar-refractivity contribution in [3.63, 3.8) is 0 Å². The van der Waals surface area contributed by atoms with E-state index in [2.05, 4.69) is 39.0 Å². The zero-order chi connectivity index (χ0) is 21.9. The van der Waals surface area contributed by atoms with Gasteiger partial charge in [-0.05, 0) is 43.5 Å². The average molecular weight is 429 g/mol. The third kappa shape index (κ3) is 4.40. The molecule has 2 N–H and O–H groups in total. The number of anilines is 1. The maximum absolute atomic E-state index is 4.96. The van der Waals surface area contributed by atoms with Crippen LogP contribution in [0.5, 0.6) is 0 Å². The molecule has 0 aliphatic carbocycles. The molecule has 1 fully saturated rings. The Hall–Kier alpha value is -3.52. The fraction of sp³-hybridized carbons (Fsp3) is 0.333. The summed E-state index contributed by atoms with van der Waals surface area (Å²) in [6.07, 6.45) is 12.0. The molecular formula is C24H28N8. The zero-order valence-electron chi connectivity index (χ0n) is 18.5. The van der Waals surface area contributed by atoms with E-state index in [4.69, 9.17) is 9.97 Å². The van der Waals surface area contributed by atoms with Crippen LogP contribution in [0, 0.1) is 5.92 Å². The van der Waals surface area contributed by atoms with Crippen molar-refractivity contribution >= 4 is 5.82 Å². The van der Waals surface area contributed by atoms with Crippen LogP contribution in [0.15, 0.2) is 55.2 Å². The predicted molar refractivity (Wildman–Crippen MR) is 126 cm³/mol. The van der Waals surface area contributed by atoms with Crippen LogP contribution >= 0.6 is 0 Å². The highest BCUT2D eigenvalue weighted by Gasteiger charge is 2.16. The molecule has 4 aromatic rings. The number of piperidine rings is 1. The van der Waals surface area contributed by atoms with Crippen molar-refractivity contribution in [1.29, 1.82) is 0 Å². The Morgan fingerprint density at radius 1 is 0.938 bits per heavy atom.